The largest absolute Gasteiger partial charge is 0.466 e. The number of likely N-dealkylation sites (tertiary alicyclic amines) is 1. The van der Waals surface area contributed by atoms with E-state index in [9.17, 15) is 22.8 Å². The minimum absolute atomic E-state index is 0.0894. The second kappa shape index (κ2) is 15.6. The van der Waals surface area contributed by atoms with Gasteiger partial charge in [-0.15, -0.1) is 11.3 Å². The Kier molecular flexibility index (Phi) is 11.1. The first kappa shape index (κ1) is 35.4. The molecular weight excluding hydrogens is 660 g/mol. The van der Waals surface area contributed by atoms with E-state index in [0.717, 1.165) is 91.1 Å². The van der Waals surface area contributed by atoms with Crippen molar-refractivity contribution < 1.29 is 27.5 Å². The van der Waals surface area contributed by atoms with E-state index in [1.165, 1.54) is 29.0 Å². The summed E-state index contributed by atoms with van der Waals surface area (Å²) < 4.78 is 44.4. The van der Waals surface area contributed by atoms with Gasteiger partial charge < -0.3 is 15.0 Å². The van der Waals surface area contributed by atoms with Crippen LogP contribution in [0.4, 0.5) is 13.2 Å². The molecule has 1 saturated carbocycles. The summed E-state index contributed by atoms with van der Waals surface area (Å²) >= 11 is 1.54. The van der Waals surface area contributed by atoms with Crippen LogP contribution in [0, 0.1) is 5.92 Å². The van der Waals surface area contributed by atoms with Gasteiger partial charge in [-0.25, -0.2) is 4.98 Å². The van der Waals surface area contributed by atoms with Crippen molar-refractivity contribution in [3.05, 3.63) is 118 Å². The minimum atomic E-state index is -4.38. The number of aromatic nitrogens is 1. The molecule has 1 amide bonds. The molecule has 1 aliphatic carbocycles. The number of esters is 1. The normalized spacial score (nSPS) is 18.2. The van der Waals surface area contributed by atoms with Gasteiger partial charge in [0.25, 0.3) is 5.91 Å². The molecule has 2 fully saturated rings. The van der Waals surface area contributed by atoms with E-state index in [0.29, 0.717) is 23.8 Å². The SMILES string of the molecule is C=C(c1ccccc1-c1ccc(C(F)(F)F)cc1)N1CCC(c2nc(C(=O)NC3CCCC3Cc3ccc(CC(=O)OCC)cc3)cs2)CC1. The topological polar surface area (TPSA) is 71.5 Å². The Balaban J connectivity index is 1.02. The summed E-state index contributed by atoms with van der Waals surface area (Å²) in [6.07, 6.45) is 1.54. The second-order valence-electron chi connectivity index (χ2n) is 13.2. The van der Waals surface area contributed by atoms with Crippen molar-refractivity contribution in [3.8, 4) is 11.1 Å². The lowest BCUT2D eigenvalue weighted by atomic mass is 9.93. The van der Waals surface area contributed by atoms with Crippen LogP contribution >= 0.6 is 11.3 Å². The molecule has 0 radical (unpaired) electrons. The molecule has 10 heteroatoms. The van der Waals surface area contributed by atoms with Gasteiger partial charge in [0.15, 0.2) is 0 Å². The molecule has 4 aromatic rings. The van der Waals surface area contributed by atoms with Gasteiger partial charge in [-0.3, -0.25) is 9.59 Å². The van der Waals surface area contributed by atoms with E-state index < -0.39 is 11.7 Å². The maximum absolute atomic E-state index is 13.3. The molecule has 262 valence electrons. The molecule has 2 heterocycles. The van der Waals surface area contributed by atoms with Crippen LogP contribution in [0.25, 0.3) is 16.8 Å². The van der Waals surface area contributed by atoms with E-state index in [1.807, 2.05) is 41.8 Å². The number of rotatable bonds is 11. The first-order chi connectivity index (χ1) is 24.1. The minimum Gasteiger partial charge on any atom is -0.466 e. The molecule has 6 rings (SSSR count). The Morgan fingerprint density at radius 3 is 2.36 bits per heavy atom. The van der Waals surface area contributed by atoms with Gasteiger partial charge in [-0.2, -0.15) is 13.2 Å². The number of carbonyl (C=O) groups is 2. The number of nitrogens with zero attached hydrogens (tertiary/aromatic N) is 2. The summed E-state index contributed by atoms with van der Waals surface area (Å²) in [5, 5.41) is 6.10. The number of thiazole rings is 1. The molecule has 1 aliphatic heterocycles. The van der Waals surface area contributed by atoms with Crippen LogP contribution in [-0.4, -0.2) is 47.5 Å². The molecule has 6 nitrogen and oxygen atoms in total. The molecule has 1 N–H and O–H groups in total. The standard InChI is InChI=1S/C40H42F3N3O3S/c1-3-49-37(47)24-28-13-11-27(12-14-28)23-31-7-6-10-35(31)44-38(48)36-25-50-39(45-36)30-19-21-46(22-20-30)26(2)33-8-4-5-9-34(33)29-15-17-32(18-16-29)40(41,42)43/h4-5,8-9,11-18,25,30-31,35H,2-3,6-7,10,19-24H2,1H3,(H,44,48). The van der Waals surface area contributed by atoms with Gasteiger partial charge >= 0.3 is 12.1 Å². The fraction of sp³-hybridized carbons (Fsp3) is 0.375. The summed E-state index contributed by atoms with van der Waals surface area (Å²) in [6, 6.07) is 21.1. The van der Waals surface area contributed by atoms with Gasteiger partial charge in [-0.1, -0.05) is 73.7 Å². The smallest absolute Gasteiger partial charge is 0.416 e. The zero-order chi connectivity index (χ0) is 35.3. The van der Waals surface area contributed by atoms with Crippen molar-refractivity contribution in [2.24, 2.45) is 5.92 Å². The van der Waals surface area contributed by atoms with Crippen molar-refractivity contribution in [1.29, 1.82) is 0 Å². The van der Waals surface area contributed by atoms with Crippen molar-refractivity contribution in [1.82, 2.24) is 15.2 Å². The van der Waals surface area contributed by atoms with Gasteiger partial charge in [0.1, 0.15) is 5.69 Å². The van der Waals surface area contributed by atoms with Gasteiger partial charge in [0.2, 0.25) is 0 Å². The maximum Gasteiger partial charge on any atom is 0.416 e. The molecule has 0 bridgehead atoms. The third kappa shape index (κ3) is 8.46. The molecule has 50 heavy (non-hydrogen) atoms. The molecule has 2 atom stereocenters. The van der Waals surface area contributed by atoms with Crippen LogP contribution in [0.5, 0.6) is 0 Å². The number of benzene rings is 3. The Bertz CT molecular complexity index is 1790. The molecular formula is C40H42F3N3O3S. The van der Waals surface area contributed by atoms with Crippen LogP contribution in [0.1, 0.15) is 82.7 Å². The van der Waals surface area contributed by atoms with Gasteiger partial charge in [-0.05, 0) is 79.3 Å². The van der Waals surface area contributed by atoms with Crippen LogP contribution < -0.4 is 5.32 Å². The summed E-state index contributed by atoms with van der Waals surface area (Å²) in [4.78, 5) is 32.1. The van der Waals surface area contributed by atoms with E-state index in [-0.39, 0.29) is 30.3 Å². The summed E-state index contributed by atoms with van der Waals surface area (Å²) in [7, 11) is 0. The number of hydrogen-bond acceptors (Lipinski definition) is 6. The second-order valence-corrected chi connectivity index (χ2v) is 14.1. The molecule has 2 unspecified atom stereocenters. The third-order valence-corrected chi connectivity index (χ3v) is 10.9. The average Bonchev–Trinajstić information content (AvgIpc) is 3.79. The zero-order valence-corrected chi connectivity index (χ0v) is 29.0. The van der Waals surface area contributed by atoms with E-state index >= 15 is 0 Å². The Hall–Kier alpha value is -4.44. The van der Waals surface area contributed by atoms with Crippen molar-refractivity contribution in [3.63, 3.8) is 0 Å². The number of piperidine rings is 1. The Morgan fingerprint density at radius 1 is 0.960 bits per heavy atom. The van der Waals surface area contributed by atoms with Crippen molar-refractivity contribution in [2.45, 2.75) is 70.0 Å². The first-order valence-electron chi connectivity index (χ1n) is 17.3. The molecule has 1 saturated heterocycles. The van der Waals surface area contributed by atoms with Crippen LogP contribution in [0.3, 0.4) is 0 Å². The lowest BCUT2D eigenvalue weighted by Crippen LogP contribution is -2.38. The lowest BCUT2D eigenvalue weighted by Gasteiger charge is -2.34. The van der Waals surface area contributed by atoms with Crippen LogP contribution in [-0.2, 0) is 28.5 Å². The Morgan fingerprint density at radius 2 is 1.66 bits per heavy atom. The predicted octanol–water partition coefficient (Wildman–Crippen LogP) is 8.93. The first-order valence-corrected chi connectivity index (χ1v) is 18.2. The number of nitrogens with one attached hydrogen (secondary N) is 1. The fourth-order valence-electron chi connectivity index (χ4n) is 7.16. The van der Waals surface area contributed by atoms with Crippen LogP contribution in [0.15, 0.2) is 84.8 Å². The van der Waals surface area contributed by atoms with Gasteiger partial charge in [0.05, 0.1) is 23.6 Å². The highest BCUT2D eigenvalue weighted by atomic mass is 32.1. The highest BCUT2D eigenvalue weighted by molar-refractivity contribution is 7.09. The van der Waals surface area contributed by atoms with E-state index in [2.05, 4.69) is 28.9 Å². The van der Waals surface area contributed by atoms with Crippen molar-refractivity contribution >= 4 is 28.9 Å². The summed E-state index contributed by atoms with van der Waals surface area (Å²) in [6.45, 7) is 8.09. The van der Waals surface area contributed by atoms with Crippen LogP contribution in [0.2, 0.25) is 0 Å². The Labute approximate surface area is 295 Å². The third-order valence-electron chi connectivity index (χ3n) is 9.89. The summed E-state index contributed by atoms with van der Waals surface area (Å²) in [5.74, 6) is 0.232. The summed E-state index contributed by atoms with van der Waals surface area (Å²) in [5.41, 5.74) is 5.22. The molecule has 2 aliphatic rings. The van der Waals surface area contributed by atoms with E-state index in [4.69, 9.17) is 9.72 Å². The molecule has 1 aromatic heterocycles. The fourth-order valence-corrected chi connectivity index (χ4v) is 8.13. The average molecular weight is 702 g/mol. The molecule has 3 aromatic carbocycles. The number of alkyl halides is 3. The van der Waals surface area contributed by atoms with Crippen molar-refractivity contribution in [2.75, 3.05) is 19.7 Å². The van der Waals surface area contributed by atoms with E-state index in [1.54, 1.807) is 6.92 Å². The number of ether oxygens (including phenoxy) is 1. The number of carbonyl (C=O) groups excluding carboxylic acids is 2. The zero-order valence-electron chi connectivity index (χ0n) is 28.2. The lowest BCUT2D eigenvalue weighted by molar-refractivity contribution is -0.142. The number of amides is 1. The quantitative estimate of drug-likeness (QED) is 0.158. The predicted molar refractivity (Wildman–Crippen MR) is 191 cm³/mol. The monoisotopic (exact) mass is 701 g/mol. The number of hydrogen-bond donors (Lipinski definition) is 1. The number of halogens is 3. The van der Waals surface area contributed by atoms with Gasteiger partial charge in [0, 0.05) is 41.7 Å². The maximum atomic E-state index is 13.3. The molecule has 0 spiro atoms. The highest BCUT2D eigenvalue weighted by Gasteiger charge is 2.32. The highest BCUT2D eigenvalue weighted by Crippen LogP contribution is 2.37.